The van der Waals surface area contributed by atoms with Crippen molar-refractivity contribution in [3.63, 3.8) is 0 Å². The minimum Gasteiger partial charge on any atom is -0.361 e. The first kappa shape index (κ1) is 12.2. The molecule has 19 heavy (non-hydrogen) atoms. The summed E-state index contributed by atoms with van der Waals surface area (Å²) >= 11 is 1.64. The molecule has 0 saturated heterocycles. The van der Waals surface area contributed by atoms with Gasteiger partial charge >= 0.3 is 0 Å². The Morgan fingerprint density at radius 2 is 2.11 bits per heavy atom. The van der Waals surface area contributed by atoms with Crippen molar-refractivity contribution in [3.05, 3.63) is 58.4 Å². The summed E-state index contributed by atoms with van der Waals surface area (Å²) in [7, 11) is 0. The van der Waals surface area contributed by atoms with Crippen molar-refractivity contribution < 1.29 is 4.79 Å². The molecule has 3 heteroatoms. The van der Waals surface area contributed by atoms with E-state index in [0.29, 0.717) is 6.42 Å². The van der Waals surface area contributed by atoms with Crippen molar-refractivity contribution in [3.8, 4) is 0 Å². The van der Waals surface area contributed by atoms with Crippen molar-refractivity contribution in [2.75, 3.05) is 0 Å². The number of hydrogen-bond donors (Lipinski definition) is 1. The van der Waals surface area contributed by atoms with E-state index in [2.05, 4.69) is 11.1 Å². The number of H-pyrrole nitrogens is 1. The van der Waals surface area contributed by atoms with Gasteiger partial charge in [-0.15, -0.1) is 11.3 Å². The van der Waals surface area contributed by atoms with Crippen LogP contribution in [0.4, 0.5) is 0 Å². The number of ketones is 1. The van der Waals surface area contributed by atoms with Crippen molar-refractivity contribution in [1.29, 1.82) is 0 Å². The fourth-order valence-corrected chi connectivity index (χ4v) is 3.08. The van der Waals surface area contributed by atoms with Crippen molar-refractivity contribution in [1.82, 2.24) is 4.98 Å². The van der Waals surface area contributed by atoms with Gasteiger partial charge in [0.05, 0.1) is 0 Å². The highest BCUT2D eigenvalue weighted by molar-refractivity contribution is 7.10. The average Bonchev–Trinajstić information content (AvgIpc) is 3.06. The van der Waals surface area contributed by atoms with E-state index in [-0.39, 0.29) is 11.7 Å². The SMILES string of the molecule is CC(C(=O)Cc1cccs1)c1c[nH]c2ccccc12. The quantitative estimate of drug-likeness (QED) is 0.758. The number of Topliss-reactive ketones (excluding diaryl/α,β-unsaturated/α-hetero) is 1. The summed E-state index contributed by atoms with van der Waals surface area (Å²) in [6.07, 6.45) is 2.49. The predicted octanol–water partition coefficient (Wildman–Crippen LogP) is 4.14. The smallest absolute Gasteiger partial charge is 0.145 e. The van der Waals surface area contributed by atoms with Gasteiger partial charge in [0, 0.05) is 34.3 Å². The second-order valence-corrected chi connectivity index (χ2v) is 5.77. The molecule has 0 aliphatic carbocycles. The summed E-state index contributed by atoms with van der Waals surface area (Å²) in [4.78, 5) is 16.7. The summed E-state index contributed by atoms with van der Waals surface area (Å²) < 4.78 is 0. The van der Waals surface area contributed by atoms with Crippen LogP contribution in [0, 0.1) is 0 Å². The molecule has 0 saturated carbocycles. The van der Waals surface area contributed by atoms with Crippen LogP contribution >= 0.6 is 11.3 Å². The van der Waals surface area contributed by atoms with E-state index in [4.69, 9.17) is 0 Å². The first-order chi connectivity index (χ1) is 9.25. The Balaban J connectivity index is 1.87. The summed E-state index contributed by atoms with van der Waals surface area (Å²) in [6, 6.07) is 12.1. The lowest BCUT2D eigenvalue weighted by atomic mass is 9.94. The fourth-order valence-electron chi connectivity index (χ4n) is 2.36. The Bertz CT molecular complexity index is 696. The van der Waals surface area contributed by atoms with E-state index >= 15 is 0 Å². The molecule has 3 rings (SSSR count). The lowest BCUT2D eigenvalue weighted by molar-refractivity contribution is -0.119. The fraction of sp³-hybridized carbons (Fsp3) is 0.188. The molecule has 0 radical (unpaired) electrons. The number of carbonyl (C=O) groups excluding carboxylic acids is 1. The predicted molar refractivity (Wildman–Crippen MR) is 79.7 cm³/mol. The zero-order valence-corrected chi connectivity index (χ0v) is 11.5. The van der Waals surface area contributed by atoms with E-state index in [0.717, 1.165) is 21.3 Å². The van der Waals surface area contributed by atoms with Gasteiger partial charge in [0.25, 0.3) is 0 Å². The molecule has 0 bridgehead atoms. The monoisotopic (exact) mass is 269 g/mol. The van der Waals surface area contributed by atoms with Crippen LogP contribution in [0.5, 0.6) is 0 Å². The van der Waals surface area contributed by atoms with Crippen molar-refractivity contribution in [2.45, 2.75) is 19.3 Å². The van der Waals surface area contributed by atoms with Crippen LogP contribution in [0.3, 0.4) is 0 Å². The van der Waals surface area contributed by atoms with Crippen LogP contribution in [0.2, 0.25) is 0 Å². The van der Waals surface area contributed by atoms with E-state index in [1.165, 1.54) is 0 Å². The van der Waals surface area contributed by atoms with E-state index < -0.39 is 0 Å². The number of aromatic amines is 1. The number of thiophene rings is 1. The molecule has 2 heterocycles. The number of aromatic nitrogens is 1. The maximum absolute atomic E-state index is 12.3. The largest absolute Gasteiger partial charge is 0.361 e. The maximum atomic E-state index is 12.3. The van der Waals surface area contributed by atoms with Gasteiger partial charge in [-0.1, -0.05) is 31.2 Å². The highest BCUT2D eigenvalue weighted by Gasteiger charge is 2.19. The number of benzene rings is 1. The van der Waals surface area contributed by atoms with Crippen LogP contribution in [-0.4, -0.2) is 10.8 Å². The van der Waals surface area contributed by atoms with E-state index in [1.807, 2.05) is 48.8 Å². The number of carbonyl (C=O) groups is 1. The van der Waals surface area contributed by atoms with Gasteiger partial charge in [0.1, 0.15) is 5.78 Å². The number of nitrogens with one attached hydrogen (secondary N) is 1. The molecule has 0 amide bonds. The summed E-state index contributed by atoms with van der Waals surface area (Å²) in [5.41, 5.74) is 2.19. The molecular formula is C16H15NOS. The second-order valence-electron chi connectivity index (χ2n) is 4.73. The molecule has 2 aromatic heterocycles. The van der Waals surface area contributed by atoms with Gasteiger partial charge in [-0.05, 0) is 23.1 Å². The van der Waals surface area contributed by atoms with Gasteiger partial charge in [-0.2, -0.15) is 0 Å². The average molecular weight is 269 g/mol. The van der Waals surface area contributed by atoms with E-state index in [1.54, 1.807) is 11.3 Å². The van der Waals surface area contributed by atoms with Crippen LogP contribution < -0.4 is 0 Å². The molecular weight excluding hydrogens is 254 g/mol. The molecule has 0 aliphatic rings. The van der Waals surface area contributed by atoms with Gasteiger partial charge in [0.15, 0.2) is 0 Å². The lowest BCUT2D eigenvalue weighted by Crippen LogP contribution is -2.11. The highest BCUT2D eigenvalue weighted by Crippen LogP contribution is 2.27. The van der Waals surface area contributed by atoms with Gasteiger partial charge < -0.3 is 4.98 Å². The zero-order chi connectivity index (χ0) is 13.2. The Morgan fingerprint density at radius 1 is 1.26 bits per heavy atom. The van der Waals surface area contributed by atoms with Gasteiger partial charge in [-0.25, -0.2) is 0 Å². The van der Waals surface area contributed by atoms with Crippen molar-refractivity contribution >= 4 is 28.0 Å². The van der Waals surface area contributed by atoms with Crippen LogP contribution in [0.15, 0.2) is 48.0 Å². The molecule has 0 spiro atoms. The topological polar surface area (TPSA) is 32.9 Å². The first-order valence-electron chi connectivity index (χ1n) is 6.37. The number of para-hydroxylation sites is 1. The molecule has 0 fully saturated rings. The Morgan fingerprint density at radius 3 is 2.89 bits per heavy atom. The standard InChI is InChI=1S/C16H15NOS/c1-11(16(18)9-12-5-4-8-19-12)14-10-17-15-7-3-2-6-13(14)15/h2-8,10-11,17H,9H2,1H3. The highest BCUT2D eigenvalue weighted by atomic mass is 32.1. The molecule has 2 nitrogen and oxygen atoms in total. The molecule has 3 aromatic rings. The molecule has 96 valence electrons. The van der Waals surface area contributed by atoms with Crippen LogP contribution in [0.1, 0.15) is 23.3 Å². The summed E-state index contributed by atoms with van der Waals surface area (Å²) in [5, 5.41) is 3.16. The number of hydrogen-bond acceptors (Lipinski definition) is 2. The van der Waals surface area contributed by atoms with Gasteiger partial charge in [0.2, 0.25) is 0 Å². The number of rotatable bonds is 4. The maximum Gasteiger partial charge on any atom is 0.145 e. The van der Waals surface area contributed by atoms with Crippen LogP contribution in [-0.2, 0) is 11.2 Å². The molecule has 1 unspecified atom stereocenters. The third-order valence-corrected chi connectivity index (χ3v) is 4.38. The minimum absolute atomic E-state index is 0.0711. The summed E-state index contributed by atoms with van der Waals surface area (Å²) in [6.45, 7) is 1.99. The third-order valence-electron chi connectivity index (χ3n) is 3.50. The molecule has 1 atom stereocenters. The lowest BCUT2D eigenvalue weighted by Gasteiger charge is -2.08. The summed E-state index contributed by atoms with van der Waals surface area (Å²) in [5.74, 6) is 0.199. The minimum atomic E-state index is -0.0711. The first-order valence-corrected chi connectivity index (χ1v) is 7.25. The third kappa shape index (κ3) is 2.34. The molecule has 1 N–H and O–H groups in total. The van der Waals surface area contributed by atoms with Crippen LogP contribution in [0.25, 0.3) is 10.9 Å². The Hall–Kier alpha value is -1.87. The van der Waals surface area contributed by atoms with Crippen molar-refractivity contribution in [2.24, 2.45) is 0 Å². The zero-order valence-electron chi connectivity index (χ0n) is 10.7. The second kappa shape index (κ2) is 5.02. The molecule has 0 aliphatic heterocycles. The van der Waals surface area contributed by atoms with E-state index in [9.17, 15) is 4.79 Å². The normalized spacial score (nSPS) is 12.7. The number of fused-ring (bicyclic) bond motifs is 1. The molecule has 1 aromatic carbocycles. The Kier molecular flexibility index (Phi) is 3.22. The Labute approximate surface area is 116 Å². The van der Waals surface area contributed by atoms with Gasteiger partial charge in [-0.3, -0.25) is 4.79 Å².